The third kappa shape index (κ3) is 7.48. The second-order valence-electron chi connectivity index (χ2n) is 9.77. The van der Waals surface area contributed by atoms with Crippen LogP contribution < -0.4 is 26.0 Å². The Hall–Kier alpha value is -4.26. The Bertz CT molecular complexity index is 1740. The number of nitrogens with one attached hydrogen (secondary N) is 3. The molecule has 0 radical (unpaired) electrons. The average molecular weight is 580 g/mol. The summed E-state index contributed by atoms with van der Waals surface area (Å²) in [6, 6.07) is 18.2. The molecule has 11 nitrogen and oxygen atoms in total. The van der Waals surface area contributed by atoms with Gasteiger partial charge in [0.05, 0.1) is 22.9 Å². The minimum absolute atomic E-state index is 0.0746. The highest BCUT2D eigenvalue weighted by molar-refractivity contribution is 7.89. The largest absolute Gasteiger partial charge is 0.497 e. The van der Waals surface area contributed by atoms with Crippen molar-refractivity contribution in [2.75, 3.05) is 34.3 Å². The number of nitrogens with zero attached hydrogens (tertiary/aromatic N) is 2. The molecule has 0 unspecified atom stereocenters. The molecule has 41 heavy (non-hydrogen) atoms. The Morgan fingerprint density at radius 1 is 0.976 bits per heavy atom. The summed E-state index contributed by atoms with van der Waals surface area (Å²) in [6.45, 7) is 1.23. The fourth-order valence-electron chi connectivity index (χ4n) is 4.19. The molecule has 12 heteroatoms. The van der Waals surface area contributed by atoms with Gasteiger partial charge in [-0.05, 0) is 74.1 Å². The van der Waals surface area contributed by atoms with Gasteiger partial charge >= 0.3 is 5.69 Å². The molecule has 0 atom stereocenters. The van der Waals surface area contributed by atoms with Crippen LogP contribution in [0.1, 0.15) is 21.5 Å². The Kier molecular flexibility index (Phi) is 9.38. The van der Waals surface area contributed by atoms with Crippen molar-refractivity contribution in [2.45, 2.75) is 24.4 Å². The fourth-order valence-corrected chi connectivity index (χ4v) is 5.21. The lowest BCUT2D eigenvalue weighted by Crippen LogP contribution is -2.35. The van der Waals surface area contributed by atoms with E-state index in [0.717, 1.165) is 15.7 Å². The van der Waals surface area contributed by atoms with Gasteiger partial charge in [-0.3, -0.25) is 14.2 Å². The lowest BCUT2D eigenvalue weighted by Gasteiger charge is -2.11. The number of benzene rings is 3. The van der Waals surface area contributed by atoms with E-state index in [9.17, 15) is 22.8 Å². The number of H-pyrrole nitrogens is 1. The minimum atomic E-state index is -3.64. The van der Waals surface area contributed by atoms with Crippen LogP contribution in [0.5, 0.6) is 5.75 Å². The maximum absolute atomic E-state index is 13.2. The van der Waals surface area contributed by atoms with Gasteiger partial charge in [-0.1, -0.05) is 24.3 Å². The number of aryl methyl sites for hydroxylation is 1. The predicted octanol–water partition coefficient (Wildman–Crippen LogP) is 1.71. The molecule has 3 aromatic carbocycles. The zero-order chi connectivity index (χ0) is 29.6. The van der Waals surface area contributed by atoms with Crippen molar-refractivity contribution in [2.24, 2.45) is 0 Å². The molecule has 4 aromatic rings. The number of aromatic amines is 1. The van der Waals surface area contributed by atoms with Crippen LogP contribution in [0.25, 0.3) is 10.9 Å². The molecular formula is C29H33N5O6S. The van der Waals surface area contributed by atoms with Gasteiger partial charge in [0.2, 0.25) is 10.0 Å². The topological polar surface area (TPSA) is 143 Å². The number of rotatable bonds is 12. The summed E-state index contributed by atoms with van der Waals surface area (Å²) in [6.07, 6.45) is 0.324. The molecule has 0 saturated carbocycles. The van der Waals surface area contributed by atoms with Gasteiger partial charge in [-0.15, -0.1) is 0 Å². The Balaban J connectivity index is 1.45. The summed E-state index contributed by atoms with van der Waals surface area (Å²) in [4.78, 5) is 43.4. The minimum Gasteiger partial charge on any atom is -0.497 e. The molecule has 0 bridgehead atoms. The van der Waals surface area contributed by atoms with Crippen LogP contribution in [0.3, 0.4) is 0 Å². The molecule has 4 rings (SSSR count). The number of aromatic nitrogens is 2. The molecule has 0 aliphatic carbocycles. The fraction of sp³-hybridized carbons (Fsp3) is 0.276. The normalized spacial score (nSPS) is 11.6. The van der Waals surface area contributed by atoms with E-state index >= 15 is 0 Å². The predicted molar refractivity (Wildman–Crippen MR) is 157 cm³/mol. The molecule has 3 N–H and O–H groups in total. The van der Waals surface area contributed by atoms with Crippen molar-refractivity contribution in [1.82, 2.24) is 24.5 Å². The van der Waals surface area contributed by atoms with Crippen LogP contribution >= 0.6 is 0 Å². The summed E-state index contributed by atoms with van der Waals surface area (Å²) >= 11 is 0. The van der Waals surface area contributed by atoms with E-state index in [2.05, 4.69) is 15.0 Å². The lowest BCUT2D eigenvalue weighted by atomic mass is 10.1. The van der Waals surface area contributed by atoms with Crippen molar-refractivity contribution in [3.8, 4) is 5.75 Å². The number of methoxy groups -OCH3 is 1. The maximum atomic E-state index is 13.2. The zero-order valence-electron chi connectivity index (χ0n) is 23.1. The average Bonchev–Trinajstić information content (AvgIpc) is 2.96. The molecule has 1 aromatic heterocycles. The number of carbonyl (C=O) groups excluding carboxylic acids is 1. The molecule has 1 amide bonds. The lowest BCUT2D eigenvalue weighted by molar-refractivity contribution is 0.0951. The number of hydrogen-bond donors (Lipinski definition) is 3. The van der Waals surface area contributed by atoms with Gasteiger partial charge in [0.15, 0.2) is 0 Å². The smallest absolute Gasteiger partial charge is 0.328 e. The first-order chi connectivity index (χ1) is 19.6. The number of likely N-dealkylation sites (N-methyl/N-ethyl adjacent to an activating group) is 1. The second-order valence-corrected chi connectivity index (χ2v) is 11.5. The van der Waals surface area contributed by atoms with E-state index in [1.807, 2.05) is 31.1 Å². The van der Waals surface area contributed by atoms with Gasteiger partial charge in [0, 0.05) is 31.7 Å². The monoisotopic (exact) mass is 579 g/mol. The molecular weight excluding hydrogens is 546 g/mol. The van der Waals surface area contributed by atoms with Crippen molar-refractivity contribution in [3.05, 3.63) is 104 Å². The summed E-state index contributed by atoms with van der Waals surface area (Å²) in [5, 5.41) is 3.05. The Labute approximate surface area is 237 Å². The van der Waals surface area contributed by atoms with Gasteiger partial charge in [0.1, 0.15) is 5.75 Å². The number of sulfonamides is 1. The van der Waals surface area contributed by atoms with E-state index in [1.165, 1.54) is 24.3 Å². The third-order valence-corrected chi connectivity index (χ3v) is 8.04. The molecule has 0 fully saturated rings. The van der Waals surface area contributed by atoms with Crippen molar-refractivity contribution in [3.63, 3.8) is 0 Å². The van der Waals surface area contributed by atoms with Gasteiger partial charge < -0.3 is 19.9 Å². The number of fused-ring (bicyclic) bond motifs is 1. The summed E-state index contributed by atoms with van der Waals surface area (Å²) < 4.78 is 33.7. The number of hydrogen-bond acceptors (Lipinski definition) is 7. The highest BCUT2D eigenvalue weighted by Crippen LogP contribution is 2.14. The van der Waals surface area contributed by atoms with Crippen LogP contribution in [-0.2, 0) is 29.5 Å². The summed E-state index contributed by atoms with van der Waals surface area (Å²) in [7, 11) is 1.66. The van der Waals surface area contributed by atoms with Crippen LogP contribution in [0.15, 0.2) is 81.2 Å². The van der Waals surface area contributed by atoms with Crippen LogP contribution in [0, 0.1) is 0 Å². The van der Waals surface area contributed by atoms with E-state index in [4.69, 9.17) is 4.74 Å². The van der Waals surface area contributed by atoms with Gasteiger partial charge in [0.25, 0.3) is 11.5 Å². The van der Waals surface area contributed by atoms with E-state index in [0.29, 0.717) is 30.8 Å². The standard InChI is InChI=1S/C29H33N5O6S/c1-33(2)17-15-31-41(38,39)24-11-6-20(7-12-24)14-16-34-28(36)25-18-22(8-13-26(25)32-29(34)37)27(35)30-19-21-4-9-23(40-3)10-5-21/h4-13,18,31H,14-17,19H2,1-3H3,(H,30,35)(H,32,37). The highest BCUT2D eigenvalue weighted by atomic mass is 32.2. The molecule has 0 saturated heterocycles. The van der Waals surface area contributed by atoms with E-state index < -0.39 is 21.3 Å². The van der Waals surface area contributed by atoms with Gasteiger partial charge in [-0.25, -0.2) is 17.9 Å². The molecule has 216 valence electrons. The molecule has 0 aliphatic heterocycles. The SMILES string of the molecule is COc1ccc(CNC(=O)c2ccc3[nH]c(=O)n(CCc4ccc(S(=O)(=O)NCCN(C)C)cc4)c(=O)c3c2)cc1. The van der Waals surface area contributed by atoms with Crippen LogP contribution in [0.2, 0.25) is 0 Å². The molecule has 0 aliphatic rings. The number of carbonyl (C=O) groups is 1. The van der Waals surface area contributed by atoms with E-state index in [1.54, 1.807) is 37.4 Å². The summed E-state index contributed by atoms with van der Waals surface area (Å²) in [5.41, 5.74) is 1.19. The quantitative estimate of drug-likeness (QED) is 0.232. The van der Waals surface area contributed by atoms with Crippen molar-refractivity contribution < 1.29 is 17.9 Å². The van der Waals surface area contributed by atoms with Crippen LogP contribution in [0.4, 0.5) is 0 Å². The number of amides is 1. The second kappa shape index (κ2) is 12.9. The van der Waals surface area contributed by atoms with E-state index in [-0.39, 0.29) is 34.8 Å². The third-order valence-electron chi connectivity index (χ3n) is 6.57. The first-order valence-electron chi connectivity index (χ1n) is 13.0. The number of ether oxygens (including phenoxy) is 1. The highest BCUT2D eigenvalue weighted by Gasteiger charge is 2.15. The van der Waals surface area contributed by atoms with Crippen molar-refractivity contribution >= 4 is 26.8 Å². The Morgan fingerprint density at radius 2 is 1.66 bits per heavy atom. The van der Waals surface area contributed by atoms with Crippen molar-refractivity contribution in [1.29, 1.82) is 0 Å². The summed E-state index contributed by atoms with van der Waals surface area (Å²) in [5.74, 6) is 0.361. The van der Waals surface area contributed by atoms with Crippen LogP contribution in [-0.4, -0.2) is 63.1 Å². The Morgan fingerprint density at radius 3 is 2.32 bits per heavy atom. The first-order valence-corrected chi connectivity index (χ1v) is 14.5. The molecule has 1 heterocycles. The first kappa shape index (κ1) is 29.7. The zero-order valence-corrected chi connectivity index (χ0v) is 24.0. The maximum Gasteiger partial charge on any atom is 0.328 e. The van der Waals surface area contributed by atoms with Gasteiger partial charge in [-0.2, -0.15) is 0 Å². The molecule has 0 spiro atoms.